The van der Waals surface area contributed by atoms with E-state index < -0.39 is 54.5 Å². The van der Waals surface area contributed by atoms with Crippen molar-refractivity contribution in [2.24, 2.45) is 11.5 Å². The number of imidazole rings is 1. The Labute approximate surface area is 190 Å². The topological polar surface area (TPSA) is 226 Å². The van der Waals surface area contributed by atoms with Crippen LogP contribution in [0, 0.1) is 0 Å². The zero-order chi connectivity index (χ0) is 24.1. The molecule has 1 aromatic heterocycles. The summed E-state index contributed by atoms with van der Waals surface area (Å²) in [6.07, 6.45) is 4.01. The van der Waals surface area contributed by atoms with Crippen LogP contribution in [0.1, 0.15) is 25.0 Å². The van der Waals surface area contributed by atoms with Crippen LogP contribution in [0.3, 0.4) is 0 Å². The third-order valence-corrected chi connectivity index (χ3v) is 4.92. The van der Waals surface area contributed by atoms with E-state index in [2.05, 4.69) is 38.5 Å². The number of hydrogen-bond acceptors (Lipinski definition) is 9. The van der Waals surface area contributed by atoms with Gasteiger partial charge in [0.25, 0.3) is 0 Å². The summed E-state index contributed by atoms with van der Waals surface area (Å²) in [6, 6.07) is -4.71. The number of carbonyl (C=O) groups is 4. The van der Waals surface area contributed by atoms with Crippen molar-refractivity contribution < 1.29 is 29.4 Å². The number of carboxylic acid groups (broad SMARTS) is 1. The van der Waals surface area contributed by atoms with Crippen LogP contribution < -0.4 is 27.4 Å². The maximum Gasteiger partial charge on any atom is 0.326 e. The van der Waals surface area contributed by atoms with Gasteiger partial charge in [-0.15, -0.1) is 0 Å². The van der Waals surface area contributed by atoms with Gasteiger partial charge in [0.1, 0.15) is 18.1 Å². The normalized spacial score (nSPS) is 14.6. The third kappa shape index (κ3) is 9.21. The zero-order valence-electron chi connectivity index (χ0n) is 17.5. The molecule has 0 bridgehead atoms. The summed E-state index contributed by atoms with van der Waals surface area (Å²) >= 11 is 3.90. The average molecular weight is 474 g/mol. The first-order valence-corrected chi connectivity index (χ1v) is 10.6. The summed E-state index contributed by atoms with van der Waals surface area (Å²) in [5.41, 5.74) is 11.5. The number of rotatable bonds is 15. The van der Waals surface area contributed by atoms with E-state index >= 15 is 0 Å². The highest BCUT2D eigenvalue weighted by molar-refractivity contribution is 7.80. The molecule has 180 valence electrons. The minimum Gasteiger partial charge on any atom is -0.480 e. The molecule has 1 heterocycles. The summed E-state index contributed by atoms with van der Waals surface area (Å²) in [4.78, 5) is 55.4. The molecule has 14 heteroatoms. The summed E-state index contributed by atoms with van der Waals surface area (Å²) in [5.74, 6) is -3.47. The summed E-state index contributed by atoms with van der Waals surface area (Å²) in [5, 5.41) is 26.1. The SMILES string of the molecule is NCCCCC(NC(=O)C(CO)NC(=O)C(N)CS)C(=O)NC(Cc1cnc[nH]1)C(=O)O. The fourth-order valence-electron chi connectivity index (χ4n) is 2.68. The quantitative estimate of drug-likeness (QED) is 0.0925. The highest BCUT2D eigenvalue weighted by Gasteiger charge is 2.30. The van der Waals surface area contributed by atoms with Gasteiger partial charge in [-0.1, -0.05) is 0 Å². The Morgan fingerprint density at radius 1 is 1.06 bits per heavy atom. The highest BCUT2D eigenvalue weighted by atomic mass is 32.1. The molecule has 32 heavy (non-hydrogen) atoms. The number of nitrogens with zero attached hydrogens (tertiary/aromatic N) is 1. The van der Waals surface area contributed by atoms with E-state index in [-0.39, 0.29) is 18.6 Å². The molecule has 10 N–H and O–H groups in total. The van der Waals surface area contributed by atoms with Crippen molar-refractivity contribution in [3.05, 3.63) is 18.2 Å². The summed E-state index contributed by atoms with van der Waals surface area (Å²) < 4.78 is 0. The number of nitrogens with two attached hydrogens (primary N) is 2. The van der Waals surface area contributed by atoms with Gasteiger partial charge >= 0.3 is 5.97 Å². The Bertz CT molecular complexity index is 748. The Morgan fingerprint density at radius 2 is 1.69 bits per heavy atom. The molecule has 0 aliphatic rings. The summed E-state index contributed by atoms with van der Waals surface area (Å²) in [6.45, 7) is -0.359. The number of aliphatic hydroxyl groups is 1. The Morgan fingerprint density at radius 3 is 2.22 bits per heavy atom. The average Bonchev–Trinajstić information content (AvgIpc) is 3.28. The summed E-state index contributed by atoms with van der Waals surface area (Å²) in [7, 11) is 0. The maximum atomic E-state index is 12.8. The number of aliphatic hydroxyl groups excluding tert-OH is 1. The van der Waals surface area contributed by atoms with Crippen LogP contribution in [-0.4, -0.2) is 86.9 Å². The number of nitrogens with one attached hydrogen (secondary N) is 4. The first-order valence-electron chi connectivity index (χ1n) is 10.0. The second-order valence-corrected chi connectivity index (χ2v) is 7.42. The van der Waals surface area contributed by atoms with Gasteiger partial charge in [-0.2, -0.15) is 12.6 Å². The van der Waals surface area contributed by atoms with Crippen LogP contribution >= 0.6 is 12.6 Å². The molecule has 0 aliphatic heterocycles. The molecule has 1 rings (SSSR count). The third-order valence-electron chi connectivity index (χ3n) is 4.52. The first-order chi connectivity index (χ1) is 15.2. The van der Waals surface area contributed by atoms with Crippen LogP contribution in [0.25, 0.3) is 0 Å². The smallest absolute Gasteiger partial charge is 0.326 e. The van der Waals surface area contributed by atoms with Gasteiger partial charge in [0.05, 0.1) is 19.0 Å². The second kappa shape index (κ2) is 14.4. The van der Waals surface area contributed by atoms with Crippen LogP contribution in [0.5, 0.6) is 0 Å². The largest absolute Gasteiger partial charge is 0.480 e. The van der Waals surface area contributed by atoms with Crippen LogP contribution in [0.15, 0.2) is 12.5 Å². The first kappa shape index (κ1) is 27.4. The standard InChI is InChI=1S/C18H31N7O6S/c19-4-2-1-3-12(23-17(29)14(7-26)25-15(27)11(20)8-32)16(28)24-13(18(30)31)5-10-6-21-9-22-10/h6,9,11-14,26,32H,1-5,7-8,19-20H2,(H,21,22)(H,23,29)(H,24,28)(H,25,27)(H,30,31). The molecule has 0 saturated heterocycles. The predicted octanol–water partition coefficient (Wildman–Crippen LogP) is -3.13. The fraction of sp³-hybridized carbons (Fsp3) is 0.611. The fourth-order valence-corrected chi connectivity index (χ4v) is 2.84. The molecule has 0 spiro atoms. The molecule has 1 aromatic rings. The van der Waals surface area contributed by atoms with E-state index in [9.17, 15) is 29.4 Å². The van der Waals surface area contributed by atoms with Gasteiger partial charge < -0.3 is 42.6 Å². The Kier molecular flexibility index (Phi) is 12.3. The molecule has 4 unspecified atom stereocenters. The van der Waals surface area contributed by atoms with Crippen molar-refractivity contribution in [3.63, 3.8) is 0 Å². The number of carbonyl (C=O) groups excluding carboxylic acids is 3. The molecule has 0 aliphatic carbocycles. The Hall–Kier alpha value is -2.68. The lowest BCUT2D eigenvalue weighted by atomic mass is 10.1. The minimum atomic E-state index is -1.35. The lowest BCUT2D eigenvalue weighted by Crippen LogP contribution is -2.58. The van der Waals surface area contributed by atoms with Gasteiger partial charge in [-0.05, 0) is 25.8 Å². The second-order valence-electron chi connectivity index (χ2n) is 7.06. The number of hydrogen-bond donors (Lipinski definition) is 9. The van der Waals surface area contributed by atoms with Gasteiger partial charge in [0.15, 0.2) is 0 Å². The molecule has 3 amide bonds. The number of aliphatic carboxylic acids is 1. The van der Waals surface area contributed by atoms with Gasteiger partial charge in [0, 0.05) is 24.1 Å². The number of H-pyrrole nitrogens is 1. The van der Waals surface area contributed by atoms with E-state index in [1.54, 1.807) is 0 Å². The van der Waals surface area contributed by atoms with Gasteiger partial charge in [0.2, 0.25) is 17.7 Å². The van der Waals surface area contributed by atoms with Crippen molar-refractivity contribution in [2.45, 2.75) is 49.9 Å². The highest BCUT2D eigenvalue weighted by Crippen LogP contribution is 2.05. The van der Waals surface area contributed by atoms with Crippen molar-refractivity contribution in [3.8, 4) is 0 Å². The molecular formula is C18H31N7O6S. The number of aromatic amines is 1. The number of unbranched alkanes of at least 4 members (excludes halogenated alkanes) is 1. The molecular weight excluding hydrogens is 442 g/mol. The van der Waals surface area contributed by atoms with Crippen LogP contribution in [-0.2, 0) is 25.6 Å². The molecule has 0 aromatic carbocycles. The maximum absolute atomic E-state index is 12.8. The van der Waals surface area contributed by atoms with Gasteiger partial charge in [-0.25, -0.2) is 9.78 Å². The van der Waals surface area contributed by atoms with Crippen LogP contribution in [0.4, 0.5) is 0 Å². The van der Waals surface area contributed by atoms with E-state index in [0.717, 1.165) is 0 Å². The van der Waals surface area contributed by atoms with Crippen LogP contribution in [0.2, 0.25) is 0 Å². The monoisotopic (exact) mass is 473 g/mol. The van der Waals surface area contributed by atoms with Crippen molar-refractivity contribution in [1.82, 2.24) is 25.9 Å². The lowest BCUT2D eigenvalue weighted by molar-refractivity contribution is -0.142. The zero-order valence-corrected chi connectivity index (χ0v) is 18.4. The van der Waals surface area contributed by atoms with Crippen molar-refractivity contribution in [2.75, 3.05) is 18.9 Å². The number of amides is 3. The number of aromatic nitrogens is 2. The van der Waals surface area contributed by atoms with E-state index in [1.807, 2.05) is 0 Å². The predicted molar refractivity (Wildman–Crippen MR) is 118 cm³/mol. The number of carboxylic acids is 1. The molecule has 0 radical (unpaired) electrons. The van der Waals surface area contributed by atoms with Gasteiger partial charge in [-0.3, -0.25) is 14.4 Å². The molecule has 0 fully saturated rings. The lowest BCUT2D eigenvalue weighted by Gasteiger charge is -2.24. The minimum absolute atomic E-state index is 0.0304. The van der Waals surface area contributed by atoms with E-state index in [4.69, 9.17) is 11.5 Å². The number of thiol groups is 1. The Balaban J connectivity index is 2.87. The van der Waals surface area contributed by atoms with Crippen molar-refractivity contribution in [1.29, 1.82) is 0 Å². The van der Waals surface area contributed by atoms with Crippen molar-refractivity contribution >= 4 is 36.3 Å². The molecule has 13 nitrogen and oxygen atoms in total. The molecule has 4 atom stereocenters. The molecule has 0 saturated carbocycles. The van der Waals surface area contributed by atoms with E-state index in [1.165, 1.54) is 12.5 Å². The van der Waals surface area contributed by atoms with E-state index in [0.29, 0.717) is 25.1 Å².